The van der Waals surface area contributed by atoms with E-state index in [1.54, 1.807) is 0 Å². The molecule has 0 saturated heterocycles. The van der Waals surface area contributed by atoms with Crippen LogP contribution in [0.4, 0.5) is 0 Å². The minimum atomic E-state index is -1.74. The van der Waals surface area contributed by atoms with Gasteiger partial charge in [-0.05, 0) is 77.9 Å². The number of ether oxygens (including phenoxy) is 1. The number of carbonyl (C=O) groups excluding carboxylic acids is 2. The Morgan fingerprint density at radius 2 is 1.79 bits per heavy atom. The number of ketones is 2. The van der Waals surface area contributed by atoms with Crippen LogP contribution in [0.15, 0.2) is 23.5 Å². The van der Waals surface area contributed by atoms with Gasteiger partial charge in [-0.3, -0.25) is 9.59 Å². The number of fused-ring (bicyclic) bond motifs is 2. The van der Waals surface area contributed by atoms with Crippen molar-refractivity contribution >= 4 is 19.9 Å². The summed E-state index contributed by atoms with van der Waals surface area (Å²) in [4.78, 5) is 27.0. The van der Waals surface area contributed by atoms with Crippen LogP contribution in [0.3, 0.4) is 0 Å². The maximum atomic E-state index is 13.8. The molecule has 0 spiro atoms. The molecule has 1 saturated carbocycles. The predicted octanol–water partition coefficient (Wildman–Crippen LogP) is 6.37. The van der Waals surface area contributed by atoms with Gasteiger partial charge in [-0.1, -0.05) is 39.3 Å². The monoisotopic (exact) mass is 492 g/mol. The normalized spacial score (nSPS) is 29.6. The number of hydrogen-bond acceptors (Lipinski definition) is 5. The largest absolute Gasteiger partial charge is 0.500 e. The van der Waals surface area contributed by atoms with Crippen molar-refractivity contribution in [2.45, 2.75) is 117 Å². The summed E-state index contributed by atoms with van der Waals surface area (Å²) in [5.41, 5.74) is -0.910. The number of hydrogen-bond donors (Lipinski definition) is 1. The first-order valence-electron chi connectivity index (χ1n) is 13.1. The van der Waals surface area contributed by atoms with Crippen molar-refractivity contribution in [3.05, 3.63) is 23.5 Å². The van der Waals surface area contributed by atoms with Gasteiger partial charge in [0.05, 0.1) is 30.1 Å². The summed E-state index contributed by atoms with van der Waals surface area (Å²) in [5.74, 6) is -0.764. The van der Waals surface area contributed by atoms with Crippen molar-refractivity contribution in [1.82, 2.24) is 0 Å². The number of aliphatic hydroxyl groups is 1. The fraction of sp³-hybridized carbons (Fsp3) is 0.786. The van der Waals surface area contributed by atoms with Crippen LogP contribution in [-0.4, -0.2) is 43.8 Å². The van der Waals surface area contributed by atoms with Crippen LogP contribution >= 0.6 is 0 Å². The Balaban J connectivity index is 2.27. The molecule has 6 heteroatoms. The molecule has 2 bridgehead atoms. The molecule has 0 aromatic carbocycles. The molecular weight excluding hydrogens is 444 g/mol. The predicted molar refractivity (Wildman–Crippen MR) is 140 cm³/mol. The summed E-state index contributed by atoms with van der Waals surface area (Å²) in [5, 5.41) is 11.4. The molecule has 0 amide bonds. The minimum Gasteiger partial charge on any atom is -0.500 e. The first-order chi connectivity index (χ1) is 15.8. The lowest BCUT2D eigenvalue weighted by molar-refractivity contribution is -0.164. The molecule has 0 heterocycles. The fourth-order valence-corrected chi connectivity index (χ4v) is 9.39. The Hall–Kier alpha value is -1.24. The van der Waals surface area contributed by atoms with Crippen LogP contribution in [0.25, 0.3) is 0 Å². The highest BCUT2D eigenvalue weighted by molar-refractivity contribution is 6.73. The van der Waals surface area contributed by atoms with Crippen LogP contribution in [-0.2, 0) is 18.8 Å². The van der Waals surface area contributed by atoms with Gasteiger partial charge in [0, 0.05) is 11.5 Å². The van der Waals surface area contributed by atoms with Gasteiger partial charge < -0.3 is 14.3 Å². The topological polar surface area (TPSA) is 72.8 Å². The van der Waals surface area contributed by atoms with Gasteiger partial charge in [-0.25, -0.2) is 0 Å². The molecule has 4 atom stereocenters. The number of carbonyl (C=O) groups is 2. The minimum absolute atomic E-state index is 0.0907. The van der Waals surface area contributed by atoms with Gasteiger partial charge in [-0.2, -0.15) is 0 Å². The summed E-state index contributed by atoms with van der Waals surface area (Å²) in [6, 6.07) is 3.31. The molecule has 0 aliphatic heterocycles. The Bertz CT molecular complexity index is 812. The number of rotatable bonds is 12. The summed E-state index contributed by atoms with van der Waals surface area (Å²) >= 11 is 0. The van der Waals surface area contributed by atoms with Crippen LogP contribution < -0.4 is 0 Å². The van der Waals surface area contributed by atoms with Crippen molar-refractivity contribution in [3.63, 3.8) is 0 Å². The van der Waals surface area contributed by atoms with E-state index < -0.39 is 31.2 Å². The quantitative estimate of drug-likeness (QED) is 0.195. The van der Waals surface area contributed by atoms with Crippen LogP contribution in [0.2, 0.25) is 18.1 Å². The zero-order chi connectivity index (χ0) is 25.9. The van der Waals surface area contributed by atoms with Gasteiger partial charge in [0.15, 0.2) is 19.9 Å². The highest BCUT2D eigenvalue weighted by Gasteiger charge is 2.63. The molecule has 0 aromatic rings. The third-order valence-corrected chi connectivity index (χ3v) is 13.6. The number of allylic oxidation sites excluding steroid dienone is 4. The van der Waals surface area contributed by atoms with E-state index >= 15 is 0 Å². The highest BCUT2D eigenvalue weighted by atomic mass is 28.4. The van der Waals surface area contributed by atoms with E-state index in [1.165, 1.54) is 13.2 Å². The summed E-state index contributed by atoms with van der Waals surface area (Å²) < 4.78 is 12.3. The fourth-order valence-electron chi connectivity index (χ4n) is 6.19. The van der Waals surface area contributed by atoms with Gasteiger partial charge in [0.1, 0.15) is 5.76 Å². The van der Waals surface area contributed by atoms with Crippen molar-refractivity contribution < 1.29 is 23.9 Å². The molecule has 194 valence electrons. The van der Waals surface area contributed by atoms with E-state index in [9.17, 15) is 14.7 Å². The maximum Gasteiger partial charge on any atom is 0.192 e. The lowest BCUT2D eigenvalue weighted by Gasteiger charge is -2.53. The standard InChI is InChI=1S/C28H48O5Si/c1-10-34(11-2,12-3)33-26(6,7)15-13-16-27(8)22(30)19-28(17-14-20(4)5)23(32-9)18-21(29)24(27)25(28)31/h14,18,22,24,30H,10-13,15-17,19H2,1-9H3. The molecule has 0 radical (unpaired) electrons. The molecule has 2 aliphatic rings. The van der Waals surface area contributed by atoms with Crippen molar-refractivity contribution in [3.8, 4) is 0 Å². The van der Waals surface area contributed by atoms with Gasteiger partial charge in [0.2, 0.25) is 0 Å². The second-order valence-electron chi connectivity index (χ2n) is 11.7. The lowest BCUT2D eigenvalue weighted by Crippen LogP contribution is -2.61. The van der Waals surface area contributed by atoms with E-state index in [-0.39, 0.29) is 23.6 Å². The van der Waals surface area contributed by atoms with E-state index in [2.05, 4.69) is 34.6 Å². The van der Waals surface area contributed by atoms with Gasteiger partial charge in [-0.15, -0.1) is 0 Å². The zero-order valence-corrected chi connectivity index (χ0v) is 24.0. The van der Waals surface area contributed by atoms with Crippen LogP contribution in [0.5, 0.6) is 0 Å². The van der Waals surface area contributed by atoms with E-state index in [1.807, 2.05) is 26.8 Å². The SMILES string of the molecule is CC[Si](CC)(CC)OC(C)(C)CCCC1(C)C(O)CC2(CC=C(C)C)C(=O)C1C(=O)C=C2OC. The average Bonchev–Trinajstić information content (AvgIpc) is 2.77. The maximum absolute atomic E-state index is 13.8. The van der Waals surface area contributed by atoms with Crippen molar-refractivity contribution in [2.75, 3.05) is 7.11 Å². The molecule has 1 fully saturated rings. The lowest BCUT2D eigenvalue weighted by atomic mass is 9.50. The van der Waals surface area contributed by atoms with Gasteiger partial charge in [0.25, 0.3) is 0 Å². The van der Waals surface area contributed by atoms with Crippen molar-refractivity contribution in [2.24, 2.45) is 16.7 Å². The smallest absolute Gasteiger partial charge is 0.192 e. The van der Waals surface area contributed by atoms with E-state index in [0.29, 0.717) is 18.6 Å². The summed E-state index contributed by atoms with van der Waals surface area (Å²) in [6.07, 6.45) is 5.74. The molecular formula is C28H48O5Si. The zero-order valence-electron chi connectivity index (χ0n) is 23.0. The van der Waals surface area contributed by atoms with Gasteiger partial charge >= 0.3 is 0 Å². The molecule has 4 unspecified atom stereocenters. The Morgan fingerprint density at radius 3 is 2.29 bits per heavy atom. The Morgan fingerprint density at radius 1 is 1.21 bits per heavy atom. The van der Waals surface area contributed by atoms with Crippen LogP contribution in [0.1, 0.15) is 87.5 Å². The molecule has 34 heavy (non-hydrogen) atoms. The van der Waals surface area contributed by atoms with Crippen LogP contribution in [0, 0.1) is 16.7 Å². The Labute approximate surface area is 208 Å². The third-order valence-electron chi connectivity index (χ3n) is 8.72. The van der Waals surface area contributed by atoms with E-state index in [4.69, 9.17) is 9.16 Å². The third kappa shape index (κ3) is 5.44. The molecule has 5 nitrogen and oxygen atoms in total. The second-order valence-corrected chi connectivity index (χ2v) is 16.4. The number of methoxy groups -OCH3 is 1. The van der Waals surface area contributed by atoms with Crippen molar-refractivity contribution in [1.29, 1.82) is 0 Å². The highest BCUT2D eigenvalue weighted by Crippen LogP contribution is 2.56. The summed E-state index contributed by atoms with van der Waals surface area (Å²) in [7, 11) is -0.237. The number of Topliss-reactive ketones (excluding diaryl/α,β-unsaturated/α-hetero) is 1. The first kappa shape index (κ1) is 29.0. The summed E-state index contributed by atoms with van der Waals surface area (Å²) in [6.45, 7) is 16.9. The first-order valence-corrected chi connectivity index (χ1v) is 15.7. The molecule has 2 rings (SSSR count). The Kier molecular flexibility index (Phi) is 9.20. The second kappa shape index (κ2) is 10.8. The molecule has 2 aliphatic carbocycles. The molecule has 0 aromatic heterocycles. The average molecular weight is 493 g/mol. The van der Waals surface area contributed by atoms with E-state index in [0.717, 1.165) is 36.5 Å². The number of aliphatic hydroxyl groups excluding tert-OH is 1. The molecule has 1 N–H and O–H groups in total.